The maximum Gasteiger partial charge on any atom is 0.135 e. The minimum atomic E-state index is -0.267. The first-order valence-corrected chi connectivity index (χ1v) is 8.43. The van der Waals surface area contributed by atoms with Gasteiger partial charge in [-0.25, -0.2) is 4.39 Å². The van der Waals surface area contributed by atoms with Crippen molar-refractivity contribution in [2.45, 2.75) is 0 Å². The van der Waals surface area contributed by atoms with Gasteiger partial charge in [0.05, 0.1) is 7.11 Å². The molecule has 0 aliphatic heterocycles. The third-order valence-corrected chi connectivity index (χ3v) is 4.78. The van der Waals surface area contributed by atoms with Crippen LogP contribution >= 0.6 is 15.9 Å². The van der Waals surface area contributed by atoms with Crippen molar-refractivity contribution in [3.63, 3.8) is 0 Å². The lowest BCUT2D eigenvalue weighted by molar-refractivity contribution is 0.421. The van der Waals surface area contributed by atoms with Gasteiger partial charge in [0, 0.05) is 21.0 Å². The van der Waals surface area contributed by atoms with Crippen LogP contribution in [0, 0.1) is 5.82 Å². The summed E-state index contributed by atoms with van der Waals surface area (Å²) in [5, 5.41) is 4.14. The molecular weight excluding hydrogens is 367 g/mol. The van der Waals surface area contributed by atoms with Crippen LogP contribution in [0.2, 0.25) is 0 Å². The van der Waals surface area contributed by atoms with Crippen LogP contribution in [0.25, 0.3) is 32.7 Å². The van der Waals surface area contributed by atoms with Gasteiger partial charge in [0.1, 0.15) is 11.6 Å². The monoisotopic (exact) mass is 380 g/mol. The third kappa shape index (κ3) is 2.28. The Kier molecular flexibility index (Phi) is 3.73. The van der Waals surface area contributed by atoms with E-state index in [2.05, 4.69) is 28.1 Å². The second kappa shape index (κ2) is 5.91. The first kappa shape index (κ1) is 15.2. The molecule has 4 rings (SSSR count). The van der Waals surface area contributed by atoms with Gasteiger partial charge < -0.3 is 4.74 Å². The number of hydrogen-bond acceptors (Lipinski definition) is 1. The van der Waals surface area contributed by atoms with Gasteiger partial charge in [-0.1, -0.05) is 64.5 Å². The van der Waals surface area contributed by atoms with Crippen LogP contribution in [0.1, 0.15) is 0 Å². The second-order valence-corrected chi connectivity index (χ2v) is 6.54. The molecule has 0 unspecified atom stereocenters. The highest BCUT2D eigenvalue weighted by Crippen LogP contribution is 2.44. The van der Waals surface area contributed by atoms with Gasteiger partial charge in [0.25, 0.3) is 0 Å². The molecule has 4 aromatic carbocycles. The van der Waals surface area contributed by atoms with Gasteiger partial charge in [-0.2, -0.15) is 0 Å². The van der Waals surface area contributed by atoms with Crippen molar-refractivity contribution in [1.82, 2.24) is 0 Å². The van der Waals surface area contributed by atoms with E-state index in [1.165, 1.54) is 6.07 Å². The molecule has 0 amide bonds. The quantitative estimate of drug-likeness (QED) is 0.357. The number of fused-ring (bicyclic) bond motifs is 3. The lowest BCUT2D eigenvalue weighted by Crippen LogP contribution is -1.94. The van der Waals surface area contributed by atoms with Gasteiger partial charge in [-0.3, -0.25) is 0 Å². The van der Waals surface area contributed by atoms with Crippen molar-refractivity contribution in [3.05, 3.63) is 77.0 Å². The van der Waals surface area contributed by atoms with Crippen LogP contribution in [-0.4, -0.2) is 7.11 Å². The largest absolute Gasteiger partial charge is 0.495 e. The molecule has 0 heterocycles. The SMILES string of the molecule is COc1c(-c2cc(Br)ccc2F)c2ccccc2c2ccccc12. The van der Waals surface area contributed by atoms with E-state index in [1.807, 2.05) is 36.4 Å². The standard InChI is InChI=1S/C21H14BrFO/c1-24-21-17-9-5-3-7-15(17)14-6-2-4-8-16(14)20(21)18-12-13(22)10-11-19(18)23/h2-12H,1H3. The molecule has 0 saturated carbocycles. The van der Waals surface area contributed by atoms with E-state index >= 15 is 0 Å². The van der Waals surface area contributed by atoms with Crippen LogP contribution in [0.4, 0.5) is 4.39 Å². The second-order valence-electron chi connectivity index (χ2n) is 5.62. The Labute approximate surface area is 147 Å². The van der Waals surface area contributed by atoms with E-state index in [4.69, 9.17) is 4.74 Å². The number of benzene rings is 4. The Hall–Kier alpha value is -2.39. The van der Waals surface area contributed by atoms with E-state index in [0.717, 1.165) is 31.6 Å². The Bertz CT molecular complexity index is 1070. The first-order chi connectivity index (χ1) is 11.7. The van der Waals surface area contributed by atoms with E-state index in [9.17, 15) is 4.39 Å². The average molecular weight is 381 g/mol. The van der Waals surface area contributed by atoms with Crippen LogP contribution in [0.3, 0.4) is 0 Å². The highest BCUT2D eigenvalue weighted by molar-refractivity contribution is 9.10. The third-order valence-electron chi connectivity index (χ3n) is 4.29. The molecule has 118 valence electrons. The molecule has 0 aromatic heterocycles. The molecule has 0 bridgehead atoms. The number of ether oxygens (including phenoxy) is 1. The fourth-order valence-corrected chi connectivity index (χ4v) is 3.64. The summed E-state index contributed by atoms with van der Waals surface area (Å²) in [6.07, 6.45) is 0. The molecule has 0 saturated heterocycles. The molecule has 0 N–H and O–H groups in total. The number of halogens is 2. The number of methoxy groups -OCH3 is 1. The molecule has 0 aliphatic rings. The minimum absolute atomic E-state index is 0.267. The lowest BCUT2D eigenvalue weighted by Gasteiger charge is -2.17. The van der Waals surface area contributed by atoms with Crippen molar-refractivity contribution in [2.75, 3.05) is 7.11 Å². The number of hydrogen-bond donors (Lipinski definition) is 0. The smallest absolute Gasteiger partial charge is 0.135 e. The molecule has 1 nitrogen and oxygen atoms in total. The summed E-state index contributed by atoms with van der Waals surface area (Å²) in [4.78, 5) is 0. The van der Waals surface area contributed by atoms with E-state index in [1.54, 1.807) is 19.2 Å². The Morgan fingerprint density at radius 3 is 2.04 bits per heavy atom. The van der Waals surface area contributed by atoms with E-state index in [0.29, 0.717) is 11.3 Å². The Balaban J connectivity index is 2.27. The summed E-state index contributed by atoms with van der Waals surface area (Å²) in [5.74, 6) is 0.429. The predicted molar refractivity (Wildman–Crippen MR) is 101 cm³/mol. The minimum Gasteiger partial charge on any atom is -0.495 e. The maximum absolute atomic E-state index is 14.6. The van der Waals surface area contributed by atoms with Gasteiger partial charge in [0.15, 0.2) is 0 Å². The normalized spacial score (nSPS) is 11.1. The van der Waals surface area contributed by atoms with Gasteiger partial charge in [-0.05, 0) is 34.4 Å². The Morgan fingerprint density at radius 1 is 0.792 bits per heavy atom. The van der Waals surface area contributed by atoms with Crippen LogP contribution in [0.15, 0.2) is 71.2 Å². The predicted octanol–water partition coefficient (Wildman–Crippen LogP) is 6.57. The zero-order valence-electron chi connectivity index (χ0n) is 13.0. The molecule has 4 aromatic rings. The highest BCUT2D eigenvalue weighted by Gasteiger charge is 2.18. The number of rotatable bonds is 2. The topological polar surface area (TPSA) is 9.23 Å². The zero-order chi connectivity index (χ0) is 16.7. The van der Waals surface area contributed by atoms with E-state index in [-0.39, 0.29) is 5.82 Å². The highest BCUT2D eigenvalue weighted by atomic mass is 79.9. The van der Waals surface area contributed by atoms with Crippen molar-refractivity contribution in [1.29, 1.82) is 0 Å². The first-order valence-electron chi connectivity index (χ1n) is 7.63. The molecule has 0 fully saturated rings. The van der Waals surface area contributed by atoms with Crippen LogP contribution in [-0.2, 0) is 0 Å². The summed E-state index contributed by atoms with van der Waals surface area (Å²) in [7, 11) is 1.63. The van der Waals surface area contributed by atoms with Crippen molar-refractivity contribution in [3.8, 4) is 16.9 Å². The molecule has 0 radical (unpaired) electrons. The van der Waals surface area contributed by atoms with Crippen LogP contribution in [0.5, 0.6) is 5.75 Å². The molecular formula is C21H14BrFO. The summed E-state index contributed by atoms with van der Waals surface area (Å²) in [6.45, 7) is 0. The molecule has 3 heteroatoms. The van der Waals surface area contributed by atoms with Crippen molar-refractivity contribution >= 4 is 37.5 Å². The van der Waals surface area contributed by atoms with Crippen molar-refractivity contribution < 1.29 is 9.13 Å². The lowest BCUT2D eigenvalue weighted by atomic mass is 9.92. The molecule has 0 spiro atoms. The summed E-state index contributed by atoms with van der Waals surface area (Å²) in [5.41, 5.74) is 1.31. The van der Waals surface area contributed by atoms with Crippen molar-refractivity contribution in [2.24, 2.45) is 0 Å². The van der Waals surface area contributed by atoms with E-state index < -0.39 is 0 Å². The molecule has 0 atom stereocenters. The van der Waals surface area contributed by atoms with Gasteiger partial charge in [0.2, 0.25) is 0 Å². The zero-order valence-corrected chi connectivity index (χ0v) is 14.6. The summed E-state index contributed by atoms with van der Waals surface area (Å²) >= 11 is 3.45. The van der Waals surface area contributed by atoms with Gasteiger partial charge >= 0.3 is 0 Å². The van der Waals surface area contributed by atoms with Crippen LogP contribution < -0.4 is 4.74 Å². The molecule has 0 aliphatic carbocycles. The summed E-state index contributed by atoms with van der Waals surface area (Å²) < 4.78 is 21.2. The fraction of sp³-hybridized carbons (Fsp3) is 0.0476. The van der Waals surface area contributed by atoms with Gasteiger partial charge in [-0.15, -0.1) is 0 Å². The molecule has 24 heavy (non-hydrogen) atoms. The maximum atomic E-state index is 14.6. The fourth-order valence-electron chi connectivity index (χ4n) is 3.28. The average Bonchev–Trinajstić information content (AvgIpc) is 2.62. The summed E-state index contributed by atoms with van der Waals surface area (Å²) in [6, 6.07) is 21.1. The Morgan fingerprint density at radius 2 is 1.38 bits per heavy atom.